The molecule has 0 amide bonds. The van der Waals surface area contributed by atoms with E-state index in [4.69, 9.17) is 5.73 Å². The first kappa shape index (κ1) is 11.3. The number of aryl methyl sites for hydroxylation is 2. The predicted molar refractivity (Wildman–Crippen MR) is 69.6 cm³/mol. The van der Waals surface area contributed by atoms with E-state index in [1.54, 1.807) is 11.3 Å². The van der Waals surface area contributed by atoms with Gasteiger partial charge in [-0.05, 0) is 18.9 Å². The second-order valence-electron chi connectivity index (χ2n) is 3.78. The molecule has 2 nitrogen and oxygen atoms in total. The zero-order chi connectivity index (χ0) is 11.5. The highest BCUT2D eigenvalue weighted by Crippen LogP contribution is 2.27. The van der Waals surface area contributed by atoms with Gasteiger partial charge < -0.3 is 5.73 Å². The smallest absolute Gasteiger partial charge is 0.123 e. The molecule has 2 N–H and O–H groups in total. The number of aromatic nitrogens is 1. The van der Waals surface area contributed by atoms with Gasteiger partial charge in [-0.2, -0.15) is 0 Å². The zero-order valence-electron chi connectivity index (χ0n) is 9.66. The van der Waals surface area contributed by atoms with Crippen molar-refractivity contribution in [3.63, 3.8) is 0 Å². The van der Waals surface area contributed by atoms with Crippen molar-refractivity contribution in [1.82, 2.24) is 4.98 Å². The number of hydrogen-bond donors (Lipinski definition) is 1. The number of rotatable bonds is 3. The van der Waals surface area contributed by atoms with Crippen molar-refractivity contribution in [3.05, 3.63) is 40.4 Å². The van der Waals surface area contributed by atoms with Gasteiger partial charge in [0.2, 0.25) is 0 Å². The molecule has 84 valence electrons. The van der Waals surface area contributed by atoms with Crippen molar-refractivity contribution in [2.24, 2.45) is 5.73 Å². The van der Waals surface area contributed by atoms with Gasteiger partial charge in [0.1, 0.15) is 5.01 Å². The summed E-state index contributed by atoms with van der Waals surface area (Å²) in [6, 6.07) is 8.33. The monoisotopic (exact) mass is 232 g/mol. The third-order valence-corrected chi connectivity index (χ3v) is 3.73. The summed E-state index contributed by atoms with van der Waals surface area (Å²) in [5, 5.41) is 1.11. The van der Waals surface area contributed by atoms with Gasteiger partial charge in [-0.3, -0.25) is 0 Å². The maximum Gasteiger partial charge on any atom is 0.123 e. The van der Waals surface area contributed by atoms with Gasteiger partial charge in [-0.1, -0.05) is 31.2 Å². The van der Waals surface area contributed by atoms with Gasteiger partial charge in [-0.15, -0.1) is 11.3 Å². The van der Waals surface area contributed by atoms with Crippen molar-refractivity contribution >= 4 is 11.3 Å². The van der Waals surface area contributed by atoms with Crippen LogP contribution in [0.2, 0.25) is 0 Å². The van der Waals surface area contributed by atoms with E-state index in [9.17, 15) is 0 Å². The molecular weight excluding hydrogens is 216 g/mol. The molecule has 3 heteroatoms. The molecule has 0 saturated carbocycles. The van der Waals surface area contributed by atoms with Crippen LogP contribution in [0.5, 0.6) is 0 Å². The van der Waals surface area contributed by atoms with Crippen molar-refractivity contribution in [2.45, 2.75) is 26.8 Å². The first-order valence-corrected chi connectivity index (χ1v) is 6.32. The summed E-state index contributed by atoms with van der Waals surface area (Å²) in [6.07, 6.45) is 1.00. The van der Waals surface area contributed by atoms with Crippen LogP contribution in [0.3, 0.4) is 0 Å². The van der Waals surface area contributed by atoms with Gasteiger partial charge in [0.15, 0.2) is 0 Å². The fourth-order valence-corrected chi connectivity index (χ4v) is 2.67. The molecule has 0 aliphatic heterocycles. The van der Waals surface area contributed by atoms with Gasteiger partial charge in [0, 0.05) is 17.0 Å². The van der Waals surface area contributed by atoms with Gasteiger partial charge >= 0.3 is 0 Å². The molecule has 1 heterocycles. The van der Waals surface area contributed by atoms with Crippen LogP contribution in [0.25, 0.3) is 10.6 Å². The highest BCUT2D eigenvalue weighted by atomic mass is 32.1. The third kappa shape index (κ3) is 2.15. The average molecular weight is 232 g/mol. The molecule has 0 radical (unpaired) electrons. The Morgan fingerprint density at radius 1 is 1.25 bits per heavy atom. The Bertz CT molecular complexity index is 471. The summed E-state index contributed by atoms with van der Waals surface area (Å²) in [5.41, 5.74) is 9.13. The Labute approximate surface area is 100 Å². The molecule has 1 aromatic carbocycles. The zero-order valence-corrected chi connectivity index (χ0v) is 10.5. The van der Waals surface area contributed by atoms with Crippen LogP contribution >= 0.6 is 11.3 Å². The lowest BCUT2D eigenvalue weighted by molar-refractivity contribution is 1.05. The number of thiazole rings is 1. The number of hydrogen-bond acceptors (Lipinski definition) is 3. The largest absolute Gasteiger partial charge is 0.326 e. The highest BCUT2D eigenvalue weighted by Gasteiger charge is 2.07. The van der Waals surface area contributed by atoms with Crippen molar-refractivity contribution in [1.29, 1.82) is 0 Å². The molecule has 0 saturated heterocycles. The molecule has 0 aliphatic carbocycles. The summed E-state index contributed by atoms with van der Waals surface area (Å²) < 4.78 is 0. The van der Waals surface area contributed by atoms with E-state index >= 15 is 0 Å². The second-order valence-corrected chi connectivity index (χ2v) is 4.98. The summed E-state index contributed by atoms with van der Waals surface area (Å²) in [6.45, 7) is 4.87. The minimum Gasteiger partial charge on any atom is -0.326 e. The Balaban J connectivity index is 2.34. The van der Waals surface area contributed by atoms with Crippen LogP contribution in [0, 0.1) is 6.92 Å². The van der Waals surface area contributed by atoms with Crippen LogP contribution < -0.4 is 5.73 Å². The lowest BCUT2D eigenvalue weighted by atomic mass is 10.1. The van der Waals surface area contributed by atoms with Gasteiger partial charge in [-0.25, -0.2) is 4.98 Å². The van der Waals surface area contributed by atoms with Crippen molar-refractivity contribution in [2.75, 3.05) is 0 Å². The van der Waals surface area contributed by atoms with Crippen molar-refractivity contribution < 1.29 is 0 Å². The Morgan fingerprint density at radius 3 is 2.44 bits per heavy atom. The third-order valence-electron chi connectivity index (χ3n) is 2.66. The van der Waals surface area contributed by atoms with E-state index < -0.39 is 0 Å². The second kappa shape index (κ2) is 4.76. The van der Waals surface area contributed by atoms with E-state index in [1.807, 2.05) is 0 Å². The summed E-state index contributed by atoms with van der Waals surface area (Å²) >= 11 is 1.76. The lowest BCUT2D eigenvalue weighted by Crippen LogP contribution is -1.95. The molecule has 2 rings (SSSR count). The topological polar surface area (TPSA) is 38.9 Å². The minimum atomic E-state index is 0.595. The molecule has 0 unspecified atom stereocenters. The normalized spacial score (nSPS) is 10.7. The fourth-order valence-electron chi connectivity index (χ4n) is 1.66. The van der Waals surface area contributed by atoms with E-state index in [2.05, 4.69) is 43.1 Å². The molecular formula is C13H16N2S. The quantitative estimate of drug-likeness (QED) is 0.883. The summed E-state index contributed by atoms with van der Waals surface area (Å²) in [7, 11) is 0. The molecule has 0 aliphatic rings. The fraction of sp³-hybridized carbons (Fsp3) is 0.308. The molecule has 2 aromatic rings. The summed E-state index contributed by atoms with van der Waals surface area (Å²) in [4.78, 5) is 5.96. The first-order valence-electron chi connectivity index (χ1n) is 5.50. The number of nitrogens with two attached hydrogens (primary N) is 1. The van der Waals surface area contributed by atoms with Gasteiger partial charge in [0.05, 0.1) is 5.69 Å². The Morgan fingerprint density at radius 2 is 1.94 bits per heavy atom. The van der Waals surface area contributed by atoms with E-state index in [0.717, 1.165) is 17.0 Å². The van der Waals surface area contributed by atoms with Crippen LogP contribution in [-0.2, 0) is 13.0 Å². The van der Waals surface area contributed by atoms with Crippen LogP contribution in [0.1, 0.15) is 23.1 Å². The Kier molecular flexibility index (Phi) is 3.36. The maximum absolute atomic E-state index is 5.58. The van der Waals surface area contributed by atoms with E-state index in [1.165, 1.54) is 16.1 Å². The molecule has 0 spiro atoms. The highest BCUT2D eigenvalue weighted by molar-refractivity contribution is 7.15. The SMILES string of the molecule is CCc1nc(-c2ccc(CN)cc2)sc1C. The maximum atomic E-state index is 5.58. The van der Waals surface area contributed by atoms with Crippen LogP contribution in [0.15, 0.2) is 24.3 Å². The Hall–Kier alpha value is -1.19. The molecule has 0 fully saturated rings. The van der Waals surface area contributed by atoms with E-state index in [0.29, 0.717) is 6.54 Å². The minimum absolute atomic E-state index is 0.595. The molecule has 0 atom stereocenters. The average Bonchev–Trinajstić information content (AvgIpc) is 2.71. The standard InChI is InChI=1S/C13H16N2S/c1-3-12-9(2)16-13(15-12)11-6-4-10(8-14)5-7-11/h4-7H,3,8,14H2,1-2H3. The predicted octanol–water partition coefficient (Wildman–Crippen LogP) is 3.14. The van der Waals surface area contributed by atoms with Crippen LogP contribution in [0.4, 0.5) is 0 Å². The van der Waals surface area contributed by atoms with Gasteiger partial charge in [0.25, 0.3) is 0 Å². The van der Waals surface area contributed by atoms with Crippen LogP contribution in [-0.4, -0.2) is 4.98 Å². The molecule has 16 heavy (non-hydrogen) atoms. The lowest BCUT2D eigenvalue weighted by Gasteiger charge is -1.98. The van der Waals surface area contributed by atoms with E-state index in [-0.39, 0.29) is 0 Å². The first-order chi connectivity index (χ1) is 7.74. The molecule has 0 bridgehead atoms. The summed E-state index contributed by atoms with van der Waals surface area (Å²) in [5.74, 6) is 0. The molecule has 1 aromatic heterocycles. The number of benzene rings is 1. The van der Waals surface area contributed by atoms with Crippen molar-refractivity contribution in [3.8, 4) is 10.6 Å². The number of nitrogens with zero attached hydrogens (tertiary/aromatic N) is 1.